The fourth-order valence-corrected chi connectivity index (χ4v) is 2.11. The van der Waals surface area contributed by atoms with Crippen LogP contribution in [-0.2, 0) is 19.9 Å². The van der Waals surface area contributed by atoms with Gasteiger partial charge in [-0.1, -0.05) is 0 Å². The van der Waals surface area contributed by atoms with E-state index in [0.29, 0.717) is 0 Å². The number of aryl methyl sites for hydroxylation is 1. The Kier molecular flexibility index (Phi) is 2.12. The molecule has 3 heteroatoms. The van der Waals surface area contributed by atoms with Crippen LogP contribution in [0.15, 0.2) is 0 Å². The molecule has 0 aliphatic heterocycles. The van der Waals surface area contributed by atoms with Crippen LogP contribution in [0.5, 0.6) is 0 Å². The van der Waals surface area contributed by atoms with E-state index in [1.165, 1.54) is 30.7 Å². The van der Waals surface area contributed by atoms with Crippen molar-refractivity contribution >= 4 is 0 Å². The monoisotopic (exact) mass is 179 g/mol. The zero-order chi connectivity index (χ0) is 9.42. The largest absolute Gasteiger partial charge is 0.334 e. The fourth-order valence-electron chi connectivity index (χ4n) is 2.11. The van der Waals surface area contributed by atoms with Crippen LogP contribution in [0.2, 0.25) is 0 Å². The van der Waals surface area contributed by atoms with Crippen molar-refractivity contribution in [1.82, 2.24) is 9.55 Å². The highest BCUT2D eigenvalue weighted by Gasteiger charge is 2.18. The highest BCUT2D eigenvalue weighted by Crippen LogP contribution is 2.22. The van der Waals surface area contributed by atoms with Crippen molar-refractivity contribution in [1.29, 1.82) is 0 Å². The van der Waals surface area contributed by atoms with Gasteiger partial charge in [-0.2, -0.15) is 0 Å². The molecule has 1 unspecified atom stereocenters. The second kappa shape index (κ2) is 3.14. The molecule has 1 atom stereocenters. The summed E-state index contributed by atoms with van der Waals surface area (Å²) >= 11 is 0. The molecule has 1 heterocycles. The van der Waals surface area contributed by atoms with Crippen LogP contribution in [0.1, 0.15) is 43.0 Å². The number of nitrogens with zero attached hydrogens (tertiary/aromatic N) is 2. The lowest BCUT2D eigenvalue weighted by Crippen LogP contribution is -2.12. The molecule has 0 amide bonds. The first kappa shape index (κ1) is 8.75. The van der Waals surface area contributed by atoms with Crippen LogP contribution in [0, 0.1) is 0 Å². The Balaban J connectivity index is 2.44. The van der Waals surface area contributed by atoms with Crippen molar-refractivity contribution in [3.8, 4) is 0 Å². The number of rotatable bonds is 1. The van der Waals surface area contributed by atoms with Gasteiger partial charge < -0.3 is 10.3 Å². The summed E-state index contributed by atoms with van der Waals surface area (Å²) in [5.74, 6) is 1.03. The number of hydrogen-bond donors (Lipinski definition) is 1. The summed E-state index contributed by atoms with van der Waals surface area (Å²) in [5, 5.41) is 0. The number of nitrogens with two attached hydrogens (primary N) is 1. The lowest BCUT2D eigenvalue weighted by Gasteiger charge is -2.11. The Hall–Kier alpha value is -0.830. The van der Waals surface area contributed by atoms with E-state index >= 15 is 0 Å². The van der Waals surface area contributed by atoms with Crippen molar-refractivity contribution in [3.63, 3.8) is 0 Å². The molecule has 0 radical (unpaired) electrons. The van der Waals surface area contributed by atoms with Gasteiger partial charge in [0.1, 0.15) is 5.82 Å². The molecule has 2 rings (SSSR count). The average molecular weight is 179 g/mol. The van der Waals surface area contributed by atoms with Crippen LogP contribution in [0.3, 0.4) is 0 Å². The molecule has 0 spiro atoms. The third kappa shape index (κ3) is 1.37. The fraction of sp³-hybridized carbons (Fsp3) is 0.700. The Bertz CT molecular complexity index is 312. The third-order valence-corrected chi connectivity index (χ3v) is 2.82. The highest BCUT2D eigenvalue weighted by molar-refractivity contribution is 5.20. The Morgan fingerprint density at radius 3 is 2.69 bits per heavy atom. The van der Waals surface area contributed by atoms with Gasteiger partial charge in [-0.15, -0.1) is 0 Å². The van der Waals surface area contributed by atoms with Crippen LogP contribution in [-0.4, -0.2) is 9.55 Å². The maximum Gasteiger partial charge on any atom is 0.125 e. The summed E-state index contributed by atoms with van der Waals surface area (Å²) in [6.07, 6.45) is 4.88. The third-order valence-electron chi connectivity index (χ3n) is 2.82. The molecule has 0 aromatic carbocycles. The van der Waals surface area contributed by atoms with Gasteiger partial charge in [0.25, 0.3) is 0 Å². The average Bonchev–Trinajstić information content (AvgIpc) is 2.45. The SMILES string of the molecule is CC(N)c1nc2c(n1C)CCCC2. The number of aromatic nitrogens is 2. The van der Waals surface area contributed by atoms with E-state index in [0.717, 1.165) is 12.2 Å². The molecule has 0 saturated heterocycles. The minimum Gasteiger partial charge on any atom is -0.334 e. The minimum absolute atomic E-state index is 0.0515. The minimum atomic E-state index is 0.0515. The summed E-state index contributed by atoms with van der Waals surface area (Å²) in [5.41, 5.74) is 8.52. The van der Waals surface area contributed by atoms with Crippen molar-refractivity contribution in [2.24, 2.45) is 12.8 Å². The van der Waals surface area contributed by atoms with Crippen molar-refractivity contribution < 1.29 is 0 Å². The first-order valence-corrected chi connectivity index (χ1v) is 5.00. The van der Waals surface area contributed by atoms with Gasteiger partial charge in [-0.25, -0.2) is 4.98 Å². The lowest BCUT2D eigenvalue weighted by molar-refractivity contribution is 0.629. The summed E-state index contributed by atoms with van der Waals surface area (Å²) in [6, 6.07) is 0.0515. The van der Waals surface area contributed by atoms with E-state index in [-0.39, 0.29) is 6.04 Å². The molecule has 0 saturated carbocycles. The van der Waals surface area contributed by atoms with Crippen molar-refractivity contribution in [2.75, 3.05) is 0 Å². The topological polar surface area (TPSA) is 43.8 Å². The van der Waals surface area contributed by atoms with E-state index < -0.39 is 0 Å². The molecule has 1 aliphatic carbocycles. The number of hydrogen-bond acceptors (Lipinski definition) is 2. The Morgan fingerprint density at radius 1 is 1.38 bits per heavy atom. The number of imidazole rings is 1. The van der Waals surface area contributed by atoms with Gasteiger partial charge >= 0.3 is 0 Å². The quantitative estimate of drug-likeness (QED) is 0.706. The van der Waals surface area contributed by atoms with Gasteiger partial charge in [0.05, 0.1) is 11.7 Å². The molecule has 72 valence electrons. The first-order chi connectivity index (χ1) is 6.20. The molecule has 0 bridgehead atoms. The molecule has 13 heavy (non-hydrogen) atoms. The Morgan fingerprint density at radius 2 is 2.08 bits per heavy atom. The zero-order valence-electron chi connectivity index (χ0n) is 8.38. The molecule has 1 aromatic heterocycles. The van der Waals surface area contributed by atoms with Gasteiger partial charge in [0.15, 0.2) is 0 Å². The van der Waals surface area contributed by atoms with Gasteiger partial charge in [0.2, 0.25) is 0 Å². The molecule has 0 fully saturated rings. The summed E-state index contributed by atoms with van der Waals surface area (Å²) in [4.78, 5) is 4.59. The molecule has 3 nitrogen and oxygen atoms in total. The van der Waals surface area contributed by atoms with Crippen LogP contribution < -0.4 is 5.73 Å². The Labute approximate surface area is 79.0 Å². The second-order valence-electron chi connectivity index (χ2n) is 3.92. The highest BCUT2D eigenvalue weighted by atomic mass is 15.1. The smallest absolute Gasteiger partial charge is 0.125 e. The standard InChI is InChI=1S/C10H17N3/c1-7(11)10-12-8-5-3-4-6-9(8)13(10)2/h7H,3-6,11H2,1-2H3. The van der Waals surface area contributed by atoms with Crippen molar-refractivity contribution in [3.05, 3.63) is 17.2 Å². The molecular weight excluding hydrogens is 162 g/mol. The van der Waals surface area contributed by atoms with Crippen LogP contribution in [0.4, 0.5) is 0 Å². The van der Waals surface area contributed by atoms with Crippen LogP contribution >= 0.6 is 0 Å². The van der Waals surface area contributed by atoms with E-state index in [1.807, 2.05) is 6.92 Å². The van der Waals surface area contributed by atoms with E-state index in [4.69, 9.17) is 5.73 Å². The second-order valence-corrected chi connectivity index (χ2v) is 3.92. The van der Waals surface area contributed by atoms with E-state index in [9.17, 15) is 0 Å². The molecule has 2 N–H and O–H groups in total. The molecule has 1 aliphatic rings. The summed E-state index contributed by atoms with van der Waals surface area (Å²) in [7, 11) is 2.08. The van der Waals surface area contributed by atoms with Crippen LogP contribution in [0.25, 0.3) is 0 Å². The van der Waals surface area contributed by atoms with Crippen molar-refractivity contribution in [2.45, 2.75) is 38.6 Å². The summed E-state index contributed by atoms with van der Waals surface area (Å²) in [6.45, 7) is 1.99. The first-order valence-electron chi connectivity index (χ1n) is 5.00. The van der Waals surface area contributed by atoms with Gasteiger partial charge in [0, 0.05) is 12.7 Å². The maximum atomic E-state index is 5.84. The molecule has 1 aromatic rings. The molecular formula is C10H17N3. The zero-order valence-corrected chi connectivity index (χ0v) is 8.38. The van der Waals surface area contributed by atoms with E-state index in [1.54, 1.807) is 0 Å². The lowest BCUT2D eigenvalue weighted by atomic mass is 10.0. The normalized spacial score (nSPS) is 18.4. The predicted octanol–water partition coefficient (Wildman–Crippen LogP) is 1.32. The summed E-state index contributed by atoms with van der Waals surface area (Å²) < 4.78 is 2.18. The van der Waals surface area contributed by atoms with Gasteiger partial charge in [-0.3, -0.25) is 0 Å². The predicted molar refractivity (Wildman–Crippen MR) is 52.5 cm³/mol. The maximum absolute atomic E-state index is 5.84. The van der Waals surface area contributed by atoms with Gasteiger partial charge in [-0.05, 0) is 32.6 Å². The van der Waals surface area contributed by atoms with E-state index in [2.05, 4.69) is 16.6 Å². The number of fused-ring (bicyclic) bond motifs is 1.